The van der Waals surface area contributed by atoms with E-state index in [0.29, 0.717) is 55.4 Å². The number of piperazine rings is 1. The molecule has 3 aromatic rings. The molecule has 6 aliphatic rings. The number of carbonyl (C=O) groups excluding carboxylic acids is 1. The number of amides is 1. The van der Waals surface area contributed by atoms with Crippen LogP contribution in [0.15, 0.2) is 42.5 Å². The highest BCUT2D eigenvalue weighted by Crippen LogP contribution is 2.44. The molecule has 274 valence electrons. The van der Waals surface area contributed by atoms with Gasteiger partial charge in [-0.15, -0.1) is 0 Å². The summed E-state index contributed by atoms with van der Waals surface area (Å²) in [5, 5.41) is 10.5. The number of morpholine rings is 1. The summed E-state index contributed by atoms with van der Waals surface area (Å²) < 4.78 is 47.7. The smallest absolute Gasteiger partial charge is 0.337 e. The summed E-state index contributed by atoms with van der Waals surface area (Å²) >= 11 is 13.6. The minimum absolute atomic E-state index is 0.0200. The summed E-state index contributed by atoms with van der Waals surface area (Å²) in [6, 6.07) is 12.0. The Morgan fingerprint density at radius 1 is 0.904 bits per heavy atom. The van der Waals surface area contributed by atoms with Gasteiger partial charge in [0.15, 0.2) is 12.4 Å². The van der Waals surface area contributed by atoms with Gasteiger partial charge in [-0.1, -0.05) is 41.4 Å². The zero-order chi connectivity index (χ0) is 35.9. The summed E-state index contributed by atoms with van der Waals surface area (Å²) in [6.45, 7) is 3.13. The van der Waals surface area contributed by atoms with E-state index in [-0.39, 0.29) is 77.4 Å². The van der Waals surface area contributed by atoms with Gasteiger partial charge in [0.2, 0.25) is 0 Å². The van der Waals surface area contributed by atoms with E-state index in [1.807, 2.05) is 6.07 Å². The summed E-state index contributed by atoms with van der Waals surface area (Å²) in [7, 11) is 0. The van der Waals surface area contributed by atoms with Gasteiger partial charge < -0.3 is 34.0 Å². The number of para-hydroxylation sites is 1. The fourth-order valence-electron chi connectivity index (χ4n) is 9.10. The molecular formula is C38H38Cl2F2N4O6. The van der Waals surface area contributed by atoms with Gasteiger partial charge in [-0.25, -0.2) is 13.6 Å². The number of halogens is 4. The molecular weight excluding hydrogens is 717 g/mol. The van der Waals surface area contributed by atoms with Gasteiger partial charge in [0, 0.05) is 54.1 Å². The minimum Gasteiger partial charge on any atom is -0.478 e. The van der Waals surface area contributed by atoms with Gasteiger partial charge in [0.1, 0.15) is 11.6 Å². The summed E-state index contributed by atoms with van der Waals surface area (Å²) in [5.41, 5.74) is 1.44. The van der Waals surface area contributed by atoms with E-state index in [1.54, 1.807) is 30.3 Å². The number of rotatable bonds is 7. The number of carboxylic acid groups (broad SMARTS) is 1. The van der Waals surface area contributed by atoms with Crippen LogP contribution >= 0.6 is 23.2 Å². The average Bonchev–Trinajstić information content (AvgIpc) is 3.48. The van der Waals surface area contributed by atoms with Crippen LogP contribution in [0.4, 0.5) is 20.2 Å². The van der Waals surface area contributed by atoms with Crippen molar-refractivity contribution < 1.29 is 37.7 Å². The van der Waals surface area contributed by atoms with E-state index < -0.39 is 23.4 Å². The molecule has 0 saturated carbocycles. The van der Waals surface area contributed by atoms with Gasteiger partial charge in [-0.3, -0.25) is 9.69 Å². The van der Waals surface area contributed by atoms with Crippen molar-refractivity contribution in [1.29, 1.82) is 0 Å². The number of carboxylic acids is 1. The topological polar surface area (TPSA) is 95.0 Å². The van der Waals surface area contributed by atoms with E-state index >= 15 is 4.39 Å². The molecule has 10 nitrogen and oxygen atoms in total. The van der Waals surface area contributed by atoms with Crippen molar-refractivity contribution in [2.75, 3.05) is 62.6 Å². The van der Waals surface area contributed by atoms with E-state index in [0.717, 1.165) is 37.4 Å². The van der Waals surface area contributed by atoms with Crippen molar-refractivity contribution in [2.24, 2.45) is 0 Å². The molecule has 52 heavy (non-hydrogen) atoms. The van der Waals surface area contributed by atoms with Crippen molar-refractivity contribution in [3.63, 3.8) is 0 Å². The fraction of sp³-hybridized carbons (Fsp3) is 0.474. The highest BCUT2D eigenvalue weighted by atomic mass is 35.5. The summed E-state index contributed by atoms with van der Waals surface area (Å²) in [6.07, 6.45) is 3.73. The number of nitrogens with zero attached hydrogens (tertiary/aromatic N) is 4. The Kier molecular flexibility index (Phi) is 8.54. The van der Waals surface area contributed by atoms with Crippen molar-refractivity contribution in [1.82, 2.24) is 9.80 Å². The number of aromatic carboxylic acids is 1. The second-order valence-corrected chi connectivity index (χ2v) is 15.8. The second-order valence-electron chi connectivity index (χ2n) is 14.9. The van der Waals surface area contributed by atoms with Crippen LogP contribution in [0.3, 0.4) is 0 Å². The molecule has 0 aliphatic carbocycles. The van der Waals surface area contributed by atoms with Gasteiger partial charge in [0.25, 0.3) is 5.91 Å². The number of hydrogen-bond acceptors (Lipinski definition) is 8. The Bertz CT molecular complexity index is 1910. The molecule has 0 spiro atoms. The predicted octanol–water partition coefficient (Wildman–Crippen LogP) is 6.25. The molecule has 6 aliphatic heterocycles. The van der Waals surface area contributed by atoms with Gasteiger partial charge in [-0.05, 0) is 49.9 Å². The third kappa shape index (κ3) is 5.78. The third-order valence-corrected chi connectivity index (χ3v) is 12.3. The van der Waals surface area contributed by atoms with Gasteiger partial charge in [0.05, 0.1) is 71.9 Å². The molecule has 4 unspecified atom stereocenters. The lowest BCUT2D eigenvalue weighted by atomic mass is 9.96. The number of fused-ring (bicyclic) bond motifs is 5. The van der Waals surface area contributed by atoms with E-state index in [2.05, 4.69) is 14.7 Å². The molecule has 4 bridgehead atoms. The van der Waals surface area contributed by atoms with Crippen molar-refractivity contribution in [3.8, 4) is 16.9 Å². The number of ether oxygens (including phenoxy) is 3. The number of anilines is 2. The monoisotopic (exact) mass is 754 g/mol. The lowest BCUT2D eigenvalue weighted by Crippen LogP contribution is -2.61. The first-order valence-electron chi connectivity index (χ1n) is 17.8. The fourth-order valence-corrected chi connectivity index (χ4v) is 9.73. The standard InChI is InChI=1S/C38H38Cl2F2N4O6/c39-30-8-26(43-13-22-4-5-23(14-43)45(22)17-38(42)18-51-19-38)9-31(40)34(30)36(47)44-12-21-2-1-3-27(35(21)52-20-44)28-11-33(29(37(48)49)10-32(28)41)46-24-6-7-25(46)16-50-15-24/h1-3,8-11,22-25H,4-7,12-20H2,(H,48,49). The van der Waals surface area contributed by atoms with Crippen molar-refractivity contribution in [3.05, 3.63) is 75.0 Å². The van der Waals surface area contributed by atoms with Gasteiger partial charge in [-0.2, -0.15) is 0 Å². The van der Waals surface area contributed by atoms with Crippen molar-refractivity contribution in [2.45, 2.75) is 62.1 Å². The summed E-state index contributed by atoms with van der Waals surface area (Å²) in [4.78, 5) is 34.3. The first-order valence-corrected chi connectivity index (χ1v) is 18.6. The van der Waals surface area contributed by atoms with Crippen LogP contribution < -0.4 is 14.5 Å². The molecule has 5 saturated heterocycles. The largest absolute Gasteiger partial charge is 0.478 e. The third-order valence-electron chi connectivity index (χ3n) is 11.7. The van der Waals surface area contributed by atoms with Crippen LogP contribution in [-0.2, 0) is 16.0 Å². The molecule has 1 N–H and O–H groups in total. The molecule has 14 heteroatoms. The number of carbonyl (C=O) groups is 2. The number of benzene rings is 3. The molecule has 0 radical (unpaired) electrons. The van der Waals surface area contributed by atoms with E-state index in [4.69, 9.17) is 37.4 Å². The molecule has 6 heterocycles. The second kappa shape index (κ2) is 13.0. The van der Waals surface area contributed by atoms with Crippen LogP contribution in [0.2, 0.25) is 10.0 Å². The van der Waals surface area contributed by atoms with E-state index in [9.17, 15) is 19.1 Å². The first-order chi connectivity index (χ1) is 25.1. The van der Waals surface area contributed by atoms with Crippen LogP contribution in [0.5, 0.6) is 5.75 Å². The quantitative estimate of drug-likeness (QED) is 0.301. The first kappa shape index (κ1) is 34.1. The van der Waals surface area contributed by atoms with Gasteiger partial charge >= 0.3 is 5.97 Å². The average molecular weight is 756 g/mol. The zero-order valence-electron chi connectivity index (χ0n) is 28.3. The Labute approximate surface area is 309 Å². The molecule has 1 amide bonds. The maximum atomic E-state index is 15.8. The number of hydrogen-bond donors (Lipinski definition) is 1. The number of alkyl halides is 1. The van der Waals surface area contributed by atoms with Crippen LogP contribution in [0.1, 0.15) is 52.0 Å². The molecule has 3 aromatic carbocycles. The highest BCUT2D eigenvalue weighted by molar-refractivity contribution is 6.40. The van der Waals surface area contributed by atoms with Crippen molar-refractivity contribution >= 4 is 46.5 Å². The zero-order valence-corrected chi connectivity index (χ0v) is 29.8. The Balaban J connectivity index is 0.947. The Hall–Kier alpha value is -3.68. The molecule has 9 rings (SSSR count). The predicted molar refractivity (Wildman–Crippen MR) is 191 cm³/mol. The Morgan fingerprint density at radius 3 is 2.21 bits per heavy atom. The molecule has 0 aromatic heterocycles. The van der Waals surface area contributed by atoms with E-state index in [1.165, 1.54) is 4.90 Å². The SMILES string of the molecule is O=C(O)c1cc(F)c(-c2cccc3c2OCN(C(=O)c2c(Cl)cc(N4CC5CCC(C4)N5CC4(F)COC4)cc2Cl)C3)cc1N1C2CCC1COC2. The Morgan fingerprint density at radius 2 is 1.58 bits per heavy atom. The molecule has 5 fully saturated rings. The maximum Gasteiger partial charge on any atom is 0.337 e. The lowest BCUT2D eigenvalue weighted by Gasteiger charge is -2.46. The lowest BCUT2D eigenvalue weighted by molar-refractivity contribution is -0.146. The summed E-state index contributed by atoms with van der Waals surface area (Å²) in [5.74, 6) is -1.85. The van der Waals surface area contributed by atoms with Crippen LogP contribution in [0.25, 0.3) is 11.1 Å². The minimum atomic E-state index is -1.27. The normalized spacial score (nSPS) is 26.2. The van der Waals surface area contributed by atoms with Crippen LogP contribution in [0, 0.1) is 5.82 Å². The highest BCUT2D eigenvalue weighted by Gasteiger charge is 2.48. The molecule has 4 atom stereocenters. The maximum absolute atomic E-state index is 15.8. The van der Waals surface area contributed by atoms with Crippen LogP contribution in [-0.4, -0.2) is 109 Å².